The Labute approximate surface area is 115 Å². The average Bonchev–Trinajstić information content (AvgIpc) is 2.34. The third-order valence-electron chi connectivity index (χ3n) is 4.16. The minimum Gasteiger partial charge on any atom is -0.294 e. The number of carbonyl (C=O) groups is 1. The van der Waals surface area contributed by atoms with Crippen LogP contribution in [0.5, 0.6) is 0 Å². The van der Waals surface area contributed by atoms with Gasteiger partial charge in [0.1, 0.15) is 0 Å². The van der Waals surface area contributed by atoms with E-state index in [0.29, 0.717) is 5.78 Å². The highest BCUT2D eigenvalue weighted by molar-refractivity contribution is 6.31. The first kappa shape index (κ1) is 13.6. The Balaban J connectivity index is 2.21. The lowest BCUT2D eigenvalue weighted by molar-refractivity contribution is 0.0875. The molecule has 1 fully saturated rings. The zero-order chi connectivity index (χ0) is 13.3. The van der Waals surface area contributed by atoms with Gasteiger partial charge in [-0.1, -0.05) is 31.4 Å². The van der Waals surface area contributed by atoms with E-state index in [1.807, 2.05) is 26.0 Å². The molecule has 0 atom stereocenters. The molecule has 0 N–H and O–H groups in total. The maximum absolute atomic E-state index is 12.5. The van der Waals surface area contributed by atoms with Crippen molar-refractivity contribution in [3.05, 3.63) is 33.8 Å². The van der Waals surface area contributed by atoms with Crippen molar-refractivity contribution < 1.29 is 4.79 Å². The van der Waals surface area contributed by atoms with Gasteiger partial charge < -0.3 is 0 Å². The quantitative estimate of drug-likeness (QED) is 0.690. The number of benzene rings is 1. The molecule has 0 unspecified atom stereocenters. The Morgan fingerprint density at radius 1 is 1.11 bits per heavy atom. The standard InChI is InChI=1S/C16H21ClO/c1-10-4-6-13(7-5-10)16(18)14-8-12(3)15(17)9-11(14)2/h8-10,13H,4-7H2,1-3H3. The van der Waals surface area contributed by atoms with Crippen molar-refractivity contribution in [1.82, 2.24) is 0 Å². The molecule has 2 rings (SSSR count). The summed E-state index contributed by atoms with van der Waals surface area (Å²) < 4.78 is 0. The summed E-state index contributed by atoms with van der Waals surface area (Å²) in [5, 5.41) is 0.751. The van der Waals surface area contributed by atoms with Crippen molar-refractivity contribution in [1.29, 1.82) is 0 Å². The van der Waals surface area contributed by atoms with Gasteiger partial charge in [-0.05, 0) is 55.9 Å². The molecule has 2 heteroatoms. The molecule has 0 saturated heterocycles. The second-order valence-electron chi connectivity index (χ2n) is 5.74. The number of hydrogen-bond donors (Lipinski definition) is 0. The van der Waals surface area contributed by atoms with Gasteiger partial charge in [-0.15, -0.1) is 0 Å². The van der Waals surface area contributed by atoms with E-state index in [0.717, 1.165) is 40.5 Å². The van der Waals surface area contributed by atoms with Gasteiger partial charge in [0.25, 0.3) is 0 Å². The van der Waals surface area contributed by atoms with Crippen LogP contribution in [-0.4, -0.2) is 5.78 Å². The average molecular weight is 265 g/mol. The number of aryl methyl sites for hydroxylation is 2. The largest absolute Gasteiger partial charge is 0.294 e. The number of carbonyl (C=O) groups excluding carboxylic acids is 1. The van der Waals surface area contributed by atoms with E-state index in [4.69, 9.17) is 11.6 Å². The van der Waals surface area contributed by atoms with E-state index in [1.54, 1.807) is 0 Å². The predicted octanol–water partition coefficient (Wildman–Crippen LogP) is 4.97. The molecule has 1 saturated carbocycles. The SMILES string of the molecule is Cc1cc(C(=O)C2CCC(C)CC2)c(C)cc1Cl. The van der Waals surface area contributed by atoms with Crippen LogP contribution < -0.4 is 0 Å². The lowest BCUT2D eigenvalue weighted by atomic mass is 9.78. The monoisotopic (exact) mass is 264 g/mol. The van der Waals surface area contributed by atoms with Crippen LogP contribution >= 0.6 is 11.6 Å². The van der Waals surface area contributed by atoms with E-state index in [1.165, 1.54) is 12.8 Å². The topological polar surface area (TPSA) is 17.1 Å². The number of Topliss-reactive ketones (excluding diaryl/α,β-unsaturated/α-hetero) is 1. The maximum Gasteiger partial charge on any atom is 0.166 e. The number of halogens is 1. The molecule has 98 valence electrons. The van der Waals surface area contributed by atoms with E-state index in [-0.39, 0.29) is 5.92 Å². The summed E-state index contributed by atoms with van der Waals surface area (Å²) in [4.78, 5) is 12.5. The predicted molar refractivity (Wildman–Crippen MR) is 76.4 cm³/mol. The Morgan fingerprint density at radius 3 is 2.33 bits per heavy atom. The summed E-state index contributed by atoms with van der Waals surface area (Å²) in [6, 6.07) is 3.87. The van der Waals surface area contributed by atoms with Crippen LogP contribution in [0.1, 0.15) is 54.1 Å². The fourth-order valence-corrected chi connectivity index (χ4v) is 3.01. The first-order chi connectivity index (χ1) is 8.49. The first-order valence-corrected chi connectivity index (χ1v) is 7.17. The van der Waals surface area contributed by atoms with Gasteiger partial charge in [0.15, 0.2) is 5.78 Å². The van der Waals surface area contributed by atoms with Gasteiger partial charge in [-0.25, -0.2) is 0 Å². The molecule has 0 bridgehead atoms. The van der Waals surface area contributed by atoms with Gasteiger partial charge in [0.05, 0.1) is 0 Å². The summed E-state index contributed by atoms with van der Waals surface area (Å²) in [5.74, 6) is 1.32. The fourth-order valence-electron chi connectivity index (χ4n) is 2.79. The normalized spacial score (nSPS) is 24.0. The number of ketones is 1. The van der Waals surface area contributed by atoms with Gasteiger partial charge in [-0.3, -0.25) is 4.79 Å². The molecule has 0 spiro atoms. The molecule has 0 heterocycles. The molecule has 0 aromatic heterocycles. The van der Waals surface area contributed by atoms with E-state index >= 15 is 0 Å². The minimum atomic E-state index is 0.223. The van der Waals surface area contributed by atoms with E-state index in [9.17, 15) is 4.79 Å². The second kappa shape index (κ2) is 5.44. The Bertz CT molecular complexity index is 456. The third-order valence-corrected chi connectivity index (χ3v) is 4.56. The van der Waals surface area contributed by atoms with Gasteiger partial charge >= 0.3 is 0 Å². The van der Waals surface area contributed by atoms with Crippen LogP contribution in [0.4, 0.5) is 0 Å². The summed E-state index contributed by atoms with van der Waals surface area (Å²) >= 11 is 6.08. The van der Waals surface area contributed by atoms with Gasteiger partial charge in [-0.2, -0.15) is 0 Å². The number of hydrogen-bond acceptors (Lipinski definition) is 1. The summed E-state index contributed by atoms with van der Waals surface area (Å²) in [5.41, 5.74) is 2.88. The van der Waals surface area contributed by atoms with Crippen LogP contribution in [0.25, 0.3) is 0 Å². The van der Waals surface area contributed by atoms with Crippen LogP contribution in [0.2, 0.25) is 5.02 Å². The van der Waals surface area contributed by atoms with Crippen molar-refractivity contribution in [2.24, 2.45) is 11.8 Å². The highest BCUT2D eigenvalue weighted by Crippen LogP contribution is 2.32. The Kier molecular flexibility index (Phi) is 4.11. The summed E-state index contributed by atoms with van der Waals surface area (Å²) in [7, 11) is 0. The molecule has 18 heavy (non-hydrogen) atoms. The zero-order valence-corrected chi connectivity index (χ0v) is 12.2. The maximum atomic E-state index is 12.5. The second-order valence-corrected chi connectivity index (χ2v) is 6.14. The molecule has 1 aliphatic rings. The third kappa shape index (κ3) is 2.77. The van der Waals surface area contributed by atoms with Crippen LogP contribution in [-0.2, 0) is 0 Å². The van der Waals surface area contributed by atoms with Crippen molar-refractivity contribution in [3.8, 4) is 0 Å². The molecule has 0 aliphatic heterocycles. The molecule has 0 amide bonds. The zero-order valence-electron chi connectivity index (χ0n) is 11.4. The van der Waals surface area contributed by atoms with Gasteiger partial charge in [0.2, 0.25) is 0 Å². The molecule has 1 aliphatic carbocycles. The highest BCUT2D eigenvalue weighted by Gasteiger charge is 2.26. The molecule has 1 aromatic carbocycles. The van der Waals surface area contributed by atoms with E-state index < -0.39 is 0 Å². The van der Waals surface area contributed by atoms with Gasteiger partial charge in [0, 0.05) is 16.5 Å². The van der Waals surface area contributed by atoms with Crippen molar-refractivity contribution >= 4 is 17.4 Å². The summed E-state index contributed by atoms with van der Waals surface area (Å²) in [6.45, 7) is 6.21. The molecular formula is C16H21ClO. The molecule has 1 aromatic rings. The molecule has 1 nitrogen and oxygen atoms in total. The lowest BCUT2D eigenvalue weighted by Crippen LogP contribution is -2.21. The van der Waals surface area contributed by atoms with Crippen molar-refractivity contribution in [2.75, 3.05) is 0 Å². The highest BCUT2D eigenvalue weighted by atomic mass is 35.5. The van der Waals surface area contributed by atoms with Crippen LogP contribution in [0, 0.1) is 25.7 Å². The first-order valence-electron chi connectivity index (χ1n) is 6.80. The van der Waals surface area contributed by atoms with Crippen molar-refractivity contribution in [3.63, 3.8) is 0 Å². The van der Waals surface area contributed by atoms with E-state index in [2.05, 4.69) is 6.92 Å². The van der Waals surface area contributed by atoms with Crippen molar-refractivity contribution in [2.45, 2.75) is 46.5 Å². The Morgan fingerprint density at radius 2 is 1.72 bits per heavy atom. The lowest BCUT2D eigenvalue weighted by Gasteiger charge is -2.25. The smallest absolute Gasteiger partial charge is 0.166 e. The van der Waals surface area contributed by atoms with Crippen LogP contribution in [0.3, 0.4) is 0 Å². The molecular weight excluding hydrogens is 244 g/mol. The Hall–Kier alpha value is -0.820. The number of rotatable bonds is 2. The minimum absolute atomic E-state index is 0.223. The van der Waals surface area contributed by atoms with Crippen LogP contribution in [0.15, 0.2) is 12.1 Å². The summed E-state index contributed by atoms with van der Waals surface area (Å²) in [6.07, 6.45) is 4.45. The fraction of sp³-hybridized carbons (Fsp3) is 0.562. The molecule has 0 radical (unpaired) electrons.